The van der Waals surface area contributed by atoms with E-state index < -0.39 is 23.5 Å². The molecule has 3 rings (SSSR count). The van der Waals surface area contributed by atoms with Gasteiger partial charge in [-0.05, 0) is 12.8 Å². The Morgan fingerprint density at radius 1 is 1.25 bits per heavy atom. The van der Waals surface area contributed by atoms with Gasteiger partial charge in [0.15, 0.2) is 5.15 Å². The highest BCUT2D eigenvalue weighted by atomic mass is 35.5. The molecular formula is C12H12ClF4N3. The average Bonchev–Trinajstić information content (AvgIpc) is 2.90. The van der Waals surface area contributed by atoms with Gasteiger partial charge in [-0.1, -0.05) is 11.6 Å². The second-order valence-electron chi connectivity index (χ2n) is 5.35. The number of alkyl halides is 4. The molecule has 1 saturated carbocycles. The van der Waals surface area contributed by atoms with Crippen LogP contribution < -0.4 is 4.90 Å². The fourth-order valence-corrected chi connectivity index (χ4v) is 2.97. The lowest BCUT2D eigenvalue weighted by molar-refractivity contribution is 0.0536. The molecule has 0 bridgehead atoms. The first kappa shape index (κ1) is 13.9. The summed E-state index contributed by atoms with van der Waals surface area (Å²) in [6, 6.07) is 0. The predicted molar refractivity (Wildman–Crippen MR) is 65.4 cm³/mol. The van der Waals surface area contributed by atoms with E-state index >= 15 is 0 Å². The Morgan fingerprint density at radius 2 is 1.85 bits per heavy atom. The van der Waals surface area contributed by atoms with E-state index in [1.807, 2.05) is 0 Å². The molecule has 3 nitrogen and oxygen atoms in total. The van der Waals surface area contributed by atoms with Gasteiger partial charge >= 0.3 is 0 Å². The fourth-order valence-electron chi connectivity index (χ4n) is 2.75. The van der Waals surface area contributed by atoms with Crippen molar-refractivity contribution in [2.24, 2.45) is 5.41 Å². The quantitative estimate of drug-likeness (QED) is 0.780. The smallest absolute Gasteiger partial charge is 0.283 e. The Hall–Kier alpha value is -1.11. The van der Waals surface area contributed by atoms with Gasteiger partial charge in [0.2, 0.25) is 0 Å². The highest BCUT2D eigenvalue weighted by Crippen LogP contribution is 2.65. The summed E-state index contributed by atoms with van der Waals surface area (Å²) in [5.41, 5.74) is -1.42. The van der Waals surface area contributed by atoms with Crippen molar-refractivity contribution >= 4 is 17.4 Å². The Balaban J connectivity index is 1.71. The molecule has 0 aromatic carbocycles. The number of rotatable bonds is 2. The molecule has 1 aliphatic carbocycles. The molecule has 1 aliphatic heterocycles. The van der Waals surface area contributed by atoms with Gasteiger partial charge in [0.1, 0.15) is 11.5 Å². The minimum Gasteiger partial charge on any atom is -0.355 e. The number of nitrogens with zero attached hydrogens (tertiary/aromatic N) is 3. The van der Waals surface area contributed by atoms with Gasteiger partial charge in [0.05, 0.1) is 6.20 Å². The zero-order valence-electron chi connectivity index (χ0n) is 10.4. The van der Waals surface area contributed by atoms with Crippen LogP contribution in [0.15, 0.2) is 6.20 Å². The van der Waals surface area contributed by atoms with E-state index in [2.05, 4.69) is 9.97 Å². The van der Waals surface area contributed by atoms with Crippen LogP contribution in [-0.4, -0.2) is 29.0 Å². The van der Waals surface area contributed by atoms with Crippen LogP contribution in [-0.2, 0) is 0 Å². The van der Waals surface area contributed by atoms with E-state index in [0.29, 0.717) is 31.7 Å². The molecule has 2 fully saturated rings. The van der Waals surface area contributed by atoms with E-state index in [-0.39, 0.29) is 11.6 Å². The lowest BCUT2D eigenvalue weighted by Crippen LogP contribution is -2.37. The van der Waals surface area contributed by atoms with Crippen molar-refractivity contribution in [1.82, 2.24) is 9.97 Å². The van der Waals surface area contributed by atoms with Gasteiger partial charge in [0.25, 0.3) is 12.3 Å². The van der Waals surface area contributed by atoms with Crippen molar-refractivity contribution in [3.05, 3.63) is 17.0 Å². The maximum absolute atomic E-state index is 13.3. The van der Waals surface area contributed by atoms with E-state index in [4.69, 9.17) is 11.6 Å². The van der Waals surface area contributed by atoms with Crippen molar-refractivity contribution in [1.29, 1.82) is 0 Å². The van der Waals surface area contributed by atoms with Crippen LogP contribution in [0.25, 0.3) is 0 Å². The van der Waals surface area contributed by atoms with Gasteiger partial charge in [-0.2, -0.15) is 0 Å². The van der Waals surface area contributed by atoms with Crippen LogP contribution in [0.2, 0.25) is 5.15 Å². The van der Waals surface area contributed by atoms with Gasteiger partial charge in [-0.25, -0.2) is 27.5 Å². The summed E-state index contributed by atoms with van der Waals surface area (Å²) in [6.07, 6.45) is -0.869. The summed E-state index contributed by atoms with van der Waals surface area (Å²) in [4.78, 5) is 9.24. The van der Waals surface area contributed by atoms with Crippen molar-refractivity contribution in [3.63, 3.8) is 0 Å². The summed E-state index contributed by atoms with van der Waals surface area (Å²) in [6.45, 7) is 0.823. The Bertz CT molecular complexity index is 529. The number of anilines is 1. The summed E-state index contributed by atoms with van der Waals surface area (Å²) in [5, 5.41) is -0.338. The van der Waals surface area contributed by atoms with Crippen molar-refractivity contribution in [3.8, 4) is 0 Å². The third-order valence-electron chi connectivity index (χ3n) is 4.21. The minimum absolute atomic E-state index is 0.0510. The third kappa shape index (κ3) is 2.12. The molecule has 0 N–H and O–H groups in total. The summed E-state index contributed by atoms with van der Waals surface area (Å²) >= 11 is 5.66. The molecule has 1 saturated heterocycles. The Labute approximate surface area is 118 Å². The lowest BCUT2D eigenvalue weighted by Gasteiger charge is -2.32. The lowest BCUT2D eigenvalue weighted by atomic mass is 9.93. The van der Waals surface area contributed by atoms with E-state index in [1.165, 1.54) is 6.20 Å². The summed E-state index contributed by atoms with van der Waals surface area (Å²) < 4.78 is 51.5. The second-order valence-corrected chi connectivity index (χ2v) is 5.71. The van der Waals surface area contributed by atoms with E-state index in [0.717, 1.165) is 0 Å². The van der Waals surface area contributed by atoms with E-state index in [9.17, 15) is 17.6 Å². The molecule has 0 amide bonds. The maximum Gasteiger partial charge on any atom is 0.283 e. The van der Waals surface area contributed by atoms with Gasteiger partial charge < -0.3 is 4.90 Å². The van der Waals surface area contributed by atoms with Crippen LogP contribution >= 0.6 is 11.6 Å². The molecule has 2 heterocycles. The highest BCUT2D eigenvalue weighted by Gasteiger charge is 2.70. The zero-order valence-corrected chi connectivity index (χ0v) is 11.2. The first-order valence-corrected chi connectivity index (χ1v) is 6.66. The first-order valence-electron chi connectivity index (χ1n) is 6.28. The zero-order chi connectivity index (χ0) is 14.5. The standard InChI is InChI=1S/C12H12ClF4N3/c13-9-8(10(14)15)18-5-7(19-9)20-3-1-11(2-4-20)6-12(11,16)17/h5,10H,1-4,6H2. The fraction of sp³-hybridized carbons (Fsp3) is 0.667. The average molecular weight is 310 g/mol. The highest BCUT2D eigenvalue weighted by molar-refractivity contribution is 6.30. The van der Waals surface area contributed by atoms with Crippen LogP contribution in [0.3, 0.4) is 0 Å². The molecular weight excluding hydrogens is 298 g/mol. The van der Waals surface area contributed by atoms with Gasteiger partial charge in [0, 0.05) is 24.9 Å². The topological polar surface area (TPSA) is 29.0 Å². The molecule has 0 atom stereocenters. The molecule has 2 aliphatic rings. The third-order valence-corrected chi connectivity index (χ3v) is 4.48. The Kier molecular flexibility index (Phi) is 3.08. The number of aromatic nitrogens is 2. The molecule has 110 valence electrons. The Morgan fingerprint density at radius 3 is 2.30 bits per heavy atom. The summed E-state index contributed by atoms with van der Waals surface area (Å²) in [5.74, 6) is -2.19. The van der Waals surface area contributed by atoms with Crippen molar-refractivity contribution in [2.75, 3.05) is 18.0 Å². The SMILES string of the molecule is FC(F)c1ncc(N2CCC3(CC2)CC3(F)F)nc1Cl. The van der Waals surface area contributed by atoms with E-state index in [1.54, 1.807) is 4.90 Å². The van der Waals surface area contributed by atoms with Crippen LogP contribution in [0.5, 0.6) is 0 Å². The molecule has 1 aromatic rings. The number of halogens is 5. The number of piperidine rings is 1. The molecule has 0 radical (unpaired) electrons. The predicted octanol–water partition coefficient (Wildman–Crippen LogP) is 3.69. The molecule has 20 heavy (non-hydrogen) atoms. The molecule has 0 unspecified atom stereocenters. The van der Waals surface area contributed by atoms with Crippen molar-refractivity contribution < 1.29 is 17.6 Å². The number of hydrogen-bond donors (Lipinski definition) is 0. The van der Waals surface area contributed by atoms with Crippen LogP contribution in [0, 0.1) is 5.41 Å². The molecule has 1 aromatic heterocycles. The maximum atomic E-state index is 13.3. The van der Waals surface area contributed by atoms with Crippen molar-refractivity contribution in [2.45, 2.75) is 31.6 Å². The number of hydrogen-bond acceptors (Lipinski definition) is 3. The van der Waals surface area contributed by atoms with Gasteiger partial charge in [-0.3, -0.25) is 0 Å². The van der Waals surface area contributed by atoms with Gasteiger partial charge in [-0.15, -0.1) is 0 Å². The monoisotopic (exact) mass is 309 g/mol. The summed E-state index contributed by atoms with van der Waals surface area (Å²) in [7, 11) is 0. The second kappa shape index (κ2) is 4.44. The molecule has 8 heteroatoms. The largest absolute Gasteiger partial charge is 0.355 e. The first-order chi connectivity index (χ1) is 9.35. The molecule has 1 spiro atoms. The van der Waals surface area contributed by atoms with Crippen LogP contribution in [0.4, 0.5) is 23.4 Å². The normalized spacial score (nSPS) is 23.4. The minimum atomic E-state index is -2.78. The van der Waals surface area contributed by atoms with Crippen LogP contribution in [0.1, 0.15) is 31.4 Å².